The molecule has 0 aromatic heterocycles. The Kier molecular flexibility index (Phi) is 5.41. The Bertz CT molecular complexity index is 774. The molecule has 1 unspecified atom stereocenters. The summed E-state index contributed by atoms with van der Waals surface area (Å²) in [4.78, 5) is 0. The third kappa shape index (κ3) is 3.80. The van der Waals surface area contributed by atoms with E-state index in [1.54, 1.807) is 26.4 Å². The van der Waals surface area contributed by atoms with Crippen LogP contribution in [0.2, 0.25) is 0 Å². The van der Waals surface area contributed by atoms with E-state index in [4.69, 9.17) is 9.47 Å². The highest BCUT2D eigenvalue weighted by Crippen LogP contribution is 2.37. The maximum atomic E-state index is 13.2. The molecule has 0 radical (unpaired) electrons. The molecule has 2 aromatic rings. The van der Waals surface area contributed by atoms with Crippen LogP contribution in [0, 0.1) is 0 Å². The topological polar surface area (TPSA) is 30.5 Å². The predicted molar refractivity (Wildman–Crippen MR) is 93.8 cm³/mol. The van der Waals surface area contributed by atoms with E-state index >= 15 is 0 Å². The van der Waals surface area contributed by atoms with E-state index in [1.165, 1.54) is 6.07 Å². The molecule has 3 rings (SSSR count). The number of aryl methyl sites for hydroxylation is 1. The lowest BCUT2D eigenvalue weighted by atomic mass is 9.89. The SMILES string of the molecule is COc1cc2c(cc1OC)C(CCc1ccccc1C(F)(F)F)NCC2. The second kappa shape index (κ2) is 7.58. The maximum absolute atomic E-state index is 13.2. The maximum Gasteiger partial charge on any atom is 0.416 e. The van der Waals surface area contributed by atoms with Crippen LogP contribution >= 0.6 is 0 Å². The molecule has 0 bridgehead atoms. The van der Waals surface area contributed by atoms with Crippen LogP contribution in [0.25, 0.3) is 0 Å². The third-order valence-corrected chi connectivity index (χ3v) is 4.83. The predicted octanol–water partition coefficient (Wildman–Crippen LogP) is 4.54. The minimum atomic E-state index is -4.33. The van der Waals surface area contributed by atoms with E-state index in [-0.39, 0.29) is 6.04 Å². The fourth-order valence-electron chi connectivity index (χ4n) is 3.54. The molecule has 1 atom stereocenters. The monoisotopic (exact) mass is 365 g/mol. The summed E-state index contributed by atoms with van der Waals surface area (Å²) in [5.74, 6) is 1.31. The smallest absolute Gasteiger partial charge is 0.416 e. The van der Waals surface area contributed by atoms with Gasteiger partial charge < -0.3 is 14.8 Å². The summed E-state index contributed by atoms with van der Waals surface area (Å²) in [7, 11) is 3.17. The number of halogens is 3. The molecule has 0 fully saturated rings. The van der Waals surface area contributed by atoms with Gasteiger partial charge in [-0.1, -0.05) is 18.2 Å². The molecular weight excluding hydrogens is 343 g/mol. The van der Waals surface area contributed by atoms with Crippen molar-refractivity contribution in [3.05, 3.63) is 58.7 Å². The molecule has 1 N–H and O–H groups in total. The standard InChI is InChI=1S/C20H22F3NO2/c1-25-18-11-14-9-10-24-17(15(14)12-19(18)26-2)8-7-13-5-3-4-6-16(13)20(21,22)23/h3-6,11-12,17,24H,7-10H2,1-2H3. The number of nitrogens with one attached hydrogen (secondary N) is 1. The average Bonchev–Trinajstić information content (AvgIpc) is 2.64. The molecule has 1 heterocycles. The molecular formula is C20H22F3NO2. The molecule has 1 aliphatic rings. The van der Waals surface area contributed by atoms with Crippen molar-refractivity contribution in [3.63, 3.8) is 0 Å². The van der Waals surface area contributed by atoms with Gasteiger partial charge in [-0.3, -0.25) is 0 Å². The van der Waals surface area contributed by atoms with Crippen molar-refractivity contribution in [2.75, 3.05) is 20.8 Å². The number of methoxy groups -OCH3 is 2. The third-order valence-electron chi connectivity index (χ3n) is 4.83. The van der Waals surface area contributed by atoms with Crippen LogP contribution in [-0.2, 0) is 19.0 Å². The van der Waals surface area contributed by atoms with Gasteiger partial charge in [-0.15, -0.1) is 0 Å². The van der Waals surface area contributed by atoms with Crippen LogP contribution in [0.1, 0.15) is 34.7 Å². The van der Waals surface area contributed by atoms with Gasteiger partial charge in [0.25, 0.3) is 0 Å². The molecule has 0 saturated heterocycles. The van der Waals surface area contributed by atoms with Gasteiger partial charge in [-0.2, -0.15) is 13.2 Å². The first-order valence-electron chi connectivity index (χ1n) is 8.57. The van der Waals surface area contributed by atoms with Gasteiger partial charge in [-0.25, -0.2) is 0 Å². The van der Waals surface area contributed by atoms with E-state index in [1.807, 2.05) is 12.1 Å². The quantitative estimate of drug-likeness (QED) is 0.844. The van der Waals surface area contributed by atoms with Crippen LogP contribution in [-0.4, -0.2) is 20.8 Å². The lowest BCUT2D eigenvalue weighted by Crippen LogP contribution is -2.30. The average molecular weight is 365 g/mol. The van der Waals surface area contributed by atoms with Gasteiger partial charge in [0, 0.05) is 6.04 Å². The Morgan fingerprint density at radius 2 is 1.77 bits per heavy atom. The van der Waals surface area contributed by atoms with Gasteiger partial charge in [0.05, 0.1) is 19.8 Å². The van der Waals surface area contributed by atoms with Crippen molar-refractivity contribution in [3.8, 4) is 11.5 Å². The number of ether oxygens (including phenoxy) is 2. The number of hydrogen-bond acceptors (Lipinski definition) is 3. The summed E-state index contributed by atoms with van der Waals surface area (Å²) in [6.45, 7) is 0.786. The second-order valence-electron chi connectivity index (χ2n) is 6.36. The molecule has 3 nitrogen and oxygen atoms in total. The van der Waals surface area contributed by atoms with Gasteiger partial charge >= 0.3 is 6.18 Å². The molecule has 2 aromatic carbocycles. The zero-order valence-electron chi connectivity index (χ0n) is 14.8. The van der Waals surface area contributed by atoms with Crippen molar-refractivity contribution in [2.45, 2.75) is 31.5 Å². The van der Waals surface area contributed by atoms with Crippen molar-refractivity contribution >= 4 is 0 Å². The molecule has 0 saturated carbocycles. The van der Waals surface area contributed by atoms with Gasteiger partial charge in [0.1, 0.15) is 0 Å². The van der Waals surface area contributed by atoms with Crippen LogP contribution in [0.15, 0.2) is 36.4 Å². The molecule has 140 valence electrons. The molecule has 26 heavy (non-hydrogen) atoms. The van der Waals surface area contributed by atoms with Crippen LogP contribution in [0.3, 0.4) is 0 Å². The number of alkyl halides is 3. The molecule has 0 spiro atoms. The summed E-state index contributed by atoms with van der Waals surface area (Å²) >= 11 is 0. The summed E-state index contributed by atoms with van der Waals surface area (Å²) in [6.07, 6.45) is -2.55. The summed E-state index contributed by atoms with van der Waals surface area (Å²) in [5, 5.41) is 3.41. The largest absolute Gasteiger partial charge is 0.493 e. The first-order chi connectivity index (χ1) is 12.4. The van der Waals surface area contributed by atoms with Gasteiger partial charge in [0.15, 0.2) is 11.5 Å². The van der Waals surface area contributed by atoms with E-state index < -0.39 is 11.7 Å². The molecule has 0 aliphatic carbocycles. The van der Waals surface area contributed by atoms with E-state index in [2.05, 4.69) is 5.32 Å². The van der Waals surface area contributed by atoms with Crippen molar-refractivity contribution in [1.29, 1.82) is 0 Å². The number of hydrogen-bond donors (Lipinski definition) is 1. The van der Waals surface area contributed by atoms with E-state index in [9.17, 15) is 13.2 Å². The number of rotatable bonds is 5. The Morgan fingerprint density at radius 1 is 1.08 bits per heavy atom. The Hall–Kier alpha value is -2.21. The minimum absolute atomic E-state index is 0.0140. The molecule has 0 amide bonds. The van der Waals surface area contributed by atoms with Crippen molar-refractivity contribution in [2.24, 2.45) is 0 Å². The highest BCUT2D eigenvalue weighted by atomic mass is 19.4. The van der Waals surface area contributed by atoms with Crippen LogP contribution < -0.4 is 14.8 Å². The summed E-state index contributed by atoms with van der Waals surface area (Å²) < 4.78 is 50.3. The number of benzene rings is 2. The van der Waals surface area contributed by atoms with Gasteiger partial charge in [-0.05, 0) is 60.7 Å². The van der Waals surface area contributed by atoms with Crippen molar-refractivity contribution < 1.29 is 22.6 Å². The zero-order valence-corrected chi connectivity index (χ0v) is 14.8. The van der Waals surface area contributed by atoms with Crippen LogP contribution in [0.4, 0.5) is 13.2 Å². The Morgan fingerprint density at radius 3 is 2.46 bits per heavy atom. The molecule has 1 aliphatic heterocycles. The lowest BCUT2D eigenvalue weighted by molar-refractivity contribution is -0.138. The first kappa shape index (κ1) is 18.6. The summed E-state index contributed by atoms with van der Waals surface area (Å²) in [6, 6.07) is 9.66. The van der Waals surface area contributed by atoms with Crippen LogP contribution in [0.5, 0.6) is 11.5 Å². The molecule has 6 heteroatoms. The fourth-order valence-corrected chi connectivity index (χ4v) is 3.54. The first-order valence-corrected chi connectivity index (χ1v) is 8.57. The second-order valence-corrected chi connectivity index (χ2v) is 6.36. The Balaban J connectivity index is 1.84. The summed E-state index contributed by atoms with van der Waals surface area (Å²) in [5.41, 5.74) is 1.99. The highest BCUT2D eigenvalue weighted by Gasteiger charge is 2.33. The Labute approximate surface area is 151 Å². The van der Waals surface area contributed by atoms with E-state index in [0.717, 1.165) is 30.2 Å². The highest BCUT2D eigenvalue weighted by molar-refractivity contribution is 5.49. The van der Waals surface area contributed by atoms with Gasteiger partial charge in [0.2, 0.25) is 0 Å². The van der Waals surface area contributed by atoms with Crippen molar-refractivity contribution in [1.82, 2.24) is 5.32 Å². The van der Waals surface area contributed by atoms with E-state index in [0.29, 0.717) is 29.9 Å². The lowest BCUT2D eigenvalue weighted by Gasteiger charge is -2.28. The normalized spacial score (nSPS) is 16.9. The minimum Gasteiger partial charge on any atom is -0.493 e. The number of fused-ring (bicyclic) bond motifs is 1. The fraction of sp³-hybridized carbons (Fsp3) is 0.400. The zero-order chi connectivity index (χ0) is 18.7.